The molecule has 0 saturated carbocycles. The number of carbonyl (C=O) groups excluding carboxylic acids is 2. The van der Waals surface area contributed by atoms with E-state index in [4.69, 9.17) is 4.74 Å². The summed E-state index contributed by atoms with van der Waals surface area (Å²) < 4.78 is 6.62. The van der Waals surface area contributed by atoms with Crippen LogP contribution in [0.2, 0.25) is 0 Å². The van der Waals surface area contributed by atoms with Crippen molar-refractivity contribution in [1.82, 2.24) is 20.0 Å². The lowest BCUT2D eigenvalue weighted by molar-refractivity contribution is -0.137. The van der Waals surface area contributed by atoms with Crippen molar-refractivity contribution in [1.29, 1.82) is 0 Å². The highest BCUT2D eigenvalue weighted by molar-refractivity contribution is 5.83. The average Bonchev–Trinajstić information content (AvgIpc) is 2.99. The molecule has 2 aliphatic rings. The van der Waals surface area contributed by atoms with Gasteiger partial charge in [0.2, 0.25) is 5.91 Å². The Bertz CT molecular complexity index is 954. The van der Waals surface area contributed by atoms with Crippen LogP contribution in [0.4, 0.5) is 4.79 Å². The van der Waals surface area contributed by atoms with Gasteiger partial charge < -0.3 is 15.0 Å². The SMILES string of the molecule is Cc1nn(CC(=O)N2CCC[C@]3(CNC(=O)O3)C2)c(=O)c2ccccc12. The van der Waals surface area contributed by atoms with Crippen molar-refractivity contribution in [3.05, 3.63) is 40.3 Å². The molecule has 26 heavy (non-hydrogen) atoms. The first-order chi connectivity index (χ1) is 12.5. The number of amides is 2. The molecule has 1 spiro atoms. The lowest BCUT2D eigenvalue weighted by Gasteiger charge is -2.38. The zero-order chi connectivity index (χ0) is 18.3. The Morgan fingerprint density at radius 3 is 2.81 bits per heavy atom. The van der Waals surface area contributed by atoms with E-state index < -0.39 is 11.7 Å². The molecule has 1 atom stereocenters. The third-order valence-electron chi connectivity index (χ3n) is 5.09. The van der Waals surface area contributed by atoms with E-state index >= 15 is 0 Å². The van der Waals surface area contributed by atoms with Crippen molar-refractivity contribution in [3.8, 4) is 0 Å². The second kappa shape index (κ2) is 6.12. The van der Waals surface area contributed by atoms with Crippen molar-refractivity contribution in [3.63, 3.8) is 0 Å². The van der Waals surface area contributed by atoms with Gasteiger partial charge in [0.15, 0.2) is 0 Å². The summed E-state index contributed by atoms with van der Waals surface area (Å²) in [7, 11) is 0. The smallest absolute Gasteiger partial charge is 0.407 e. The highest BCUT2D eigenvalue weighted by atomic mass is 16.6. The maximum absolute atomic E-state index is 12.8. The number of aromatic nitrogens is 2. The molecule has 0 unspecified atom stereocenters. The molecular formula is C18H20N4O4. The molecule has 136 valence electrons. The lowest BCUT2D eigenvalue weighted by Crippen LogP contribution is -2.53. The van der Waals surface area contributed by atoms with Crippen LogP contribution in [-0.4, -0.2) is 51.9 Å². The molecule has 2 aromatic rings. The fraction of sp³-hybridized carbons (Fsp3) is 0.444. The number of aryl methyl sites for hydroxylation is 1. The second-order valence-electron chi connectivity index (χ2n) is 6.94. The van der Waals surface area contributed by atoms with Crippen LogP contribution in [0.25, 0.3) is 10.8 Å². The molecule has 1 aromatic carbocycles. The molecule has 0 radical (unpaired) electrons. The molecule has 0 aliphatic carbocycles. The fourth-order valence-corrected chi connectivity index (χ4v) is 3.78. The topological polar surface area (TPSA) is 93.5 Å². The average molecular weight is 356 g/mol. The highest BCUT2D eigenvalue weighted by Gasteiger charge is 2.44. The van der Waals surface area contributed by atoms with Gasteiger partial charge in [0.05, 0.1) is 24.2 Å². The molecule has 2 amide bonds. The maximum Gasteiger partial charge on any atom is 0.407 e. The van der Waals surface area contributed by atoms with Crippen LogP contribution in [0.1, 0.15) is 18.5 Å². The first kappa shape index (κ1) is 16.6. The van der Waals surface area contributed by atoms with Gasteiger partial charge in [0.1, 0.15) is 12.1 Å². The van der Waals surface area contributed by atoms with Gasteiger partial charge in [-0.2, -0.15) is 5.10 Å². The molecule has 4 rings (SSSR count). The number of nitrogens with one attached hydrogen (secondary N) is 1. The first-order valence-corrected chi connectivity index (χ1v) is 8.69. The van der Waals surface area contributed by atoms with Crippen LogP contribution in [0.3, 0.4) is 0 Å². The van der Waals surface area contributed by atoms with E-state index in [9.17, 15) is 14.4 Å². The largest absolute Gasteiger partial charge is 0.439 e. The summed E-state index contributed by atoms with van der Waals surface area (Å²) in [4.78, 5) is 38.4. The van der Waals surface area contributed by atoms with E-state index in [1.54, 1.807) is 17.0 Å². The molecular weight excluding hydrogens is 336 g/mol. The van der Waals surface area contributed by atoms with Gasteiger partial charge in [-0.1, -0.05) is 18.2 Å². The summed E-state index contributed by atoms with van der Waals surface area (Å²) in [5, 5.41) is 8.30. The van der Waals surface area contributed by atoms with Crippen LogP contribution < -0.4 is 10.9 Å². The Hall–Kier alpha value is -2.90. The van der Waals surface area contributed by atoms with Crippen LogP contribution in [-0.2, 0) is 16.1 Å². The van der Waals surface area contributed by atoms with E-state index in [-0.39, 0.29) is 18.0 Å². The molecule has 1 aromatic heterocycles. The van der Waals surface area contributed by atoms with Crippen LogP contribution in [0.5, 0.6) is 0 Å². The zero-order valence-corrected chi connectivity index (χ0v) is 14.5. The van der Waals surface area contributed by atoms with Gasteiger partial charge in [-0.05, 0) is 25.8 Å². The number of fused-ring (bicyclic) bond motifs is 1. The van der Waals surface area contributed by atoms with Gasteiger partial charge in [-0.3, -0.25) is 9.59 Å². The fourth-order valence-electron chi connectivity index (χ4n) is 3.78. The minimum atomic E-state index is -0.650. The zero-order valence-electron chi connectivity index (χ0n) is 14.5. The summed E-state index contributed by atoms with van der Waals surface area (Å²) >= 11 is 0. The molecule has 0 bridgehead atoms. The van der Waals surface area contributed by atoms with E-state index in [0.29, 0.717) is 30.7 Å². The van der Waals surface area contributed by atoms with Crippen LogP contribution in [0, 0.1) is 6.92 Å². The molecule has 2 saturated heterocycles. The Kier molecular flexibility index (Phi) is 3.90. The minimum Gasteiger partial charge on any atom is -0.439 e. The van der Waals surface area contributed by atoms with E-state index in [1.165, 1.54) is 4.68 Å². The van der Waals surface area contributed by atoms with E-state index in [0.717, 1.165) is 18.2 Å². The summed E-state index contributed by atoms with van der Waals surface area (Å²) in [6.07, 6.45) is 1.03. The number of benzene rings is 1. The second-order valence-corrected chi connectivity index (χ2v) is 6.94. The van der Waals surface area contributed by atoms with E-state index in [2.05, 4.69) is 10.4 Å². The number of nitrogens with zero attached hydrogens (tertiary/aromatic N) is 3. The number of hydrogen-bond donors (Lipinski definition) is 1. The van der Waals surface area contributed by atoms with Gasteiger partial charge in [0.25, 0.3) is 5.56 Å². The third-order valence-corrected chi connectivity index (χ3v) is 5.09. The molecule has 3 heterocycles. The van der Waals surface area contributed by atoms with Crippen molar-refractivity contribution >= 4 is 22.8 Å². The van der Waals surface area contributed by atoms with Gasteiger partial charge >= 0.3 is 6.09 Å². The Labute approximate surface area is 149 Å². The monoisotopic (exact) mass is 356 g/mol. The first-order valence-electron chi connectivity index (χ1n) is 8.69. The van der Waals surface area contributed by atoms with Crippen molar-refractivity contribution < 1.29 is 14.3 Å². The summed E-state index contributed by atoms with van der Waals surface area (Å²) in [5.41, 5.74) is -0.222. The Morgan fingerprint density at radius 2 is 2.08 bits per heavy atom. The van der Waals surface area contributed by atoms with Gasteiger partial charge in [-0.15, -0.1) is 0 Å². The van der Waals surface area contributed by atoms with Crippen molar-refractivity contribution in [2.75, 3.05) is 19.6 Å². The number of hydrogen-bond acceptors (Lipinski definition) is 5. The molecule has 2 fully saturated rings. The summed E-state index contributed by atoms with van der Waals surface area (Å²) in [6, 6.07) is 7.25. The van der Waals surface area contributed by atoms with Crippen molar-refractivity contribution in [2.45, 2.75) is 31.9 Å². The Morgan fingerprint density at radius 1 is 1.31 bits per heavy atom. The van der Waals surface area contributed by atoms with Crippen LogP contribution in [0.15, 0.2) is 29.1 Å². The molecule has 8 nitrogen and oxygen atoms in total. The number of ether oxygens (including phenoxy) is 1. The lowest BCUT2D eigenvalue weighted by atomic mass is 9.93. The van der Waals surface area contributed by atoms with Gasteiger partial charge in [-0.25, -0.2) is 9.48 Å². The van der Waals surface area contributed by atoms with Gasteiger partial charge in [0, 0.05) is 11.9 Å². The highest BCUT2D eigenvalue weighted by Crippen LogP contribution is 2.28. The molecule has 1 N–H and O–H groups in total. The maximum atomic E-state index is 12.8. The summed E-state index contributed by atoms with van der Waals surface area (Å²) in [6.45, 7) is 3.03. The normalized spacial score (nSPS) is 22.5. The number of piperidine rings is 1. The molecule has 8 heteroatoms. The predicted octanol–water partition coefficient (Wildman–Crippen LogP) is 0.806. The minimum absolute atomic E-state index is 0.123. The number of carbonyl (C=O) groups is 2. The Balaban J connectivity index is 1.57. The number of likely N-dealkylation sites (tertiary alicyclic amines) is 1. The predicted molar refractivity (Wildman–Crippen MR) is 93.8 cm³/mol. The van der Waals surface area contributed by atoms with Crippen molar-refractivity contribution in [2.24, 2.45) is 0 Å². The van der Waals surface area contributed by atoms with Crippen LogP contribution >= 0.6 is 0 Å². The third kappa shape index (κ3) is 2.81. The quantitative estimate of drug-likeness (QED) is 0.859. The summed E-state index contributed by atoms with van der Waals surface area (Å²) in [5.74, 6) is -0.198. The number of rotatable bonds is 2. The number of alkyl carbamates (subject to hydrolysis) is 1. The molecule has 2 aliphatic heterocycles. The van der Waals surface area contributed by atoms with E-state index in [1.807, 2.05) is 19.1 Å². The standard InChI is InChI=1S/C18H20N4O4/c1-12-13-5-2-3-6-14(13)16(24)22(20-12)9-15(23)21-8-4-7-18(11-21)10-19-17(25)26-18/h2-3,5-6H,4,7-11H2,1H3,(H,19,25)/t18-/m0/s1.